The number of carbonyl (C=O) groups is 1. The average molecular weight is 295 g/mol. The number of thiophene rings is 1. The lowest BCUT2D eigenvalue weighted by molar-refractivity contribution is 0.100. The second kappa shape index (κ2) is 6.19. The van der Waals surface area contributed by atoms with Gasteiger partial charge in [0.1, 0.15) is 0 Å². The summed E-state index contributed by atoms with van der Waals surface area (Å²) in [5.74, 6) is -0.464. The number of hydrogen-bond donors (Lipinski definition) is 2. The zero-order chi connectivity index (χ0) is 13.8. The zero-order valence-corrected chi connectivity index (χ0v) is 12.1. The van der Waals surface area contributed by atoms with E-state index in [1.165, 1.54) is 4.88 Å². The fraction of sp³-hybridized carbons (Fsp3) is 0.214. The van der Waals surface area contributed by atoms with Crippen LogP contribution in [0.2, 0.25) is 5.02 Å². The van der Waals surface area contributed by atoms with E-state index in [2.05, 4.69) is 23.7 Å². The van der Waals surface area contributed by atoms with Crippen LogP contribution in [0.3, 0.4) is 0 Å². The fourth-order valence-electron chi connectivity index (χ4n) is 1.75. The van der Waals surface area contributed by atoms with E-state index >= 15 is 0 Å². The van der Waals surface area contributed by atoms with Crippen LogP contribution in [0.5, 0.6) is 0 Å². The second-order valence-electron chi connectivity index (χ2n) is 4.29. The minimum Gasteiger partial charge on any atom is -0.366 e. The Hall–Kier alpha value is -1.36. The average Bonchev–Trinajstić information content (AvgIpc) is 2.90. The molecule has 0 saturated heterocycles. The van der Waals surface area contributed by atoms with Crippen molar-refractivity contribution in [2.45, 2.75) is 19.5 Å². The number of hydrogen-bond acceptors (Lipinski definition) is 3. The molecule has 2 aromatic rings. The summed E-state index contributed by atoms with van der Waals surface area (Å²) >= 11 is 7.86. The molecule has 3 nitrogen and oxygen atoms in total. The number of nitrogens with two attached hydrogens (primary N) is 1. The molecule has 1 amide bonds. The Balaban J connectivity index is 2.02. The SMILES string of the molecule is CC(NCc1ccc(C(N)=O)cc1Cl)c1cccs1. The van der Waals surface area contributed by atoms with Gasteiger partial charge in [0.25, 0.3) is 0 Å². The van der Waals surface area contributed by atoms with Crippen molar-refractivity contribution >= 4 is 28.8 Å². The molecule has 0 spiro atoms. The largest absolute Gasteiger partial charge is 0.366 e. The molecule has 0 aliphatic rings. The van der Waals surface area contributed by atoms with Gasteiger partial charge in [0.05, 0.1) is 0 Å². The summed E-state index contributed by atoms with van der Waals surface area (Å²) in [7, 11) is 0. The molecular weight excluding hydrogens is 280 g/mol. The number of halogens is 1. The Morgan fingerprint density at radius 2 is 2.26 bits per heavy atom. The highest BCUT2D eigenvalue weighted by Gasteiger charge is 2.09. The van der Waals surface area contributed by atoms with Gasteiger partial charge in [-0.2, -0.15) is 0 Å². The summed E-state index contributed by atoms with van der Waals surface area (Å²) in [4.78, 5) is 12.3. The van der Waals surface area contributed by atoms with Gasteiger partial charge in [0.15, 0.2) is 0 Å². The van der Waals surface area contributed by atoms with Crippen LogP contribution in [-0.4, -0.2) is 5.91 Å². The van der Waals surface area contributed by atoms with Gasteiger partial charge in [0.2, 0.25) is 5.91 Å². The molecule has 1 heterocycles. The van der Waals surface area contributed by atoms with Gasteiger partial charge in [0, 0.05) is 28.0 Å². The van der Waals surface area contributed by atoms with Gasteiger partial charge in [-0.25, -0.2) is 0 Å². The predicted molar refractivity (Wildman–Crippen MR) is 79.5 cm³/mol. The number of nitrogens with one attached hydrogen (secondary N) is 1. The van der Waals surface area contributed by atoms with Crippen LogP contribution in [0, 0.1) is 0 Å². The third-order valence-electron chi connectivity index (χ3n) is 2.91. The van der Waals surface area contributed by atoms with Crippen molar-refractivity contribution in [3.63, 3.8) is 0 Å². The van der Waals surface area contributed by atoms with Gasteiger partial charge >= 0.3 is 0 Å². The number of primary amides is 1. The minimum absolute atomic E-state index is 0.270. The monoisotopic (exact) mass is 294 g/mol. The van der Waals surface area contributed by atoms with E-state index < -0.39 is 5.91 Å². The van der Waals surface area contributed by atoms with Crippen molar-refractivity contribution in [2.75, 3.05) is 0 Å². The summed E-state index contributed by atoms with van der Waals surface area (Å²) in [6.07, 6.45) is 0. The lowest BCUT2D eigenvalue weighted by Crippen LogP contribution is -2.18. The van der Waals surface area contributed by atoms with Gasteiger partial charge in [-0.05, 0) is 36.1 Å². The first-order chi connectivity index (χ1) is 9.08. The second-order valence-corrected chi connectivity index (χ2v) is 5.67. The standard InChI is InChI=1S/C14H15ClN2OS/c1-9(13-3-2-6-19-13)17-8-11-5-4-10(14(16)18)7-12(11)15/h2-7,9,17H,8H2,1H3,(H2,16,18). The summed E-state index contributed by atoms with van der Waals surface area (Å²) in [6.45, 7) is 2.76. The molecule has 100 valence electrons. The molecule has 3 N–H and O–H groups in total. The Morgan fingerprint density at radius 3 is 2.84 bits per heavy atom. The third kappa shape index (κ3) is 3.56. The van der Waals surface area contributed by atoms with Crippen LogP contribution >= 0.6 is 22.9 Å². The van der Waals surface area contributed by atoms with Crippen molar-refractivity contribution in [2.24, 2.45) is 5.73 Å². The van der Waals surface area contributed by atoms with E-state index in [9.17, 15) is 4.79 Å². The normalized spacial score (nSPS) is 12.3. The molecule has 0 aliphatic heterocycles. The van der Waals surface area contributed by atoms with Crippen molar-refractivity contribution in [3.8, 4) is 0 Å². The maximum absolute atomic E-state index is 11.0. The molecule has 5 heteroatoms. The summed E-state index contributed by atoms with van der Waals surface area (Å²) < 4.78 is 0. The lowest BCUT2D eigenvalue weighted by atomic mass is 10.1. The Bertz CT molecular complexity index is 569. The van der Waals surface area contributed by atoms with E-state index in [0.29, 0.717) is 17.1 Å². The molecule has 0 aliphatic carbocycles. The first-order valence-electron chi connectivity index (χ1n) is 5.93. The van der Waals surface area contributed by atoms with E-state index in [1.54, 1.807) is 23.5 Å². The molecule has 0 fully saturated rings. The smallest absolute Gasteiger partial charge is 0.248 e. The third-order valence-corrected chi connectivity index (χ3v) is 4.31. The molecule has 1 unspecified atom stereocenters. The molecule has 2 rings (SSSR count). The molecule has 0 bridgehead atoms. The van der Waals surface area contributed by atoms with Crippen LogP contribution in [0.4, 0.5) is 0 Å². The molecular formula is C14H15ClN2OS. The number of benzene rings is 1. The number of rotatable bonds is 5. The van der Waals surface area contributed by atoms with Crippen LogP contribution in [0.1, 0.15) is 33.8 Å². The van der Waals surface area contributed by atoms with Crippen molar-refractivity contribution < 1.29 is 4.79 Å². The van der Waals surface area contributed by atoms with E-state index in [4.69, 9.17) is 17.3 Å². The van der Waals surface area contributed by atoms with E-state index in [1.807, 2.05) is 12.1 Å². The summed E-state index contributed by atoms with van der Waals surface area (Å²) in [5.41, 5.74) is 6.59. The number of amides is 1. The first-order valence-corrected chi connectivity index (χ1v) is 7.18. The zero-order valence-electron chi connectivity index (χ0n) is 10.5. The highest BCUT2D eigenvalue weighted by molar-refractivity contribution is 7.10. The molecule has 1 atom stereocenters. The number of carbonyl (C=O) groups excluding carboxylic acids is 1. The van der Waals surface area contributed by atoms with Crippen molar-refractivity contribution in [3.05, 3.63) is 56.7 Å². The van der Waals surface area contributed by atoms with Crippen molar-refractivity contribution in [1.29, 1.82) is 0 Å². The van der Waals surface area contributed by atoms with Crippen LogP contribution < -0.4 is 11.1 Å². The maximum Gasteiger partial charge on any atom is 0.248 e. The van der Waals surface area contributed by atoms with E-state index in [-0.39, 0.29) is 6.04 Å². The Labute approximate surface area is 121 Å². The summed E-state index contributed by atoms with van der Waals surface area (Å²) in [6, 6.07) is 9.54. The van der Waals surface area contributed by atoms with Crippen molar-refractivity contribution in [1.82, 2.24) is 5.32 Å². The fourth-order valence-corrected chi connectivity index (χ4v) is 2.75. The first kappa shape index (κ1) is 14.1. The van der Waals surface area contributed by atoms with Crippen LogP contribution in [0.25, 0.3) is 0 Å². The van der Waals surface area contributed by atoms with Gasteiger partial charge in [-0.1, -0.05) is 23.7 Å². The van der Waals surface area contributed by atoms with Gasteiger partial charge < -0.3 is 11.1 Å². The molecule has 19 heavy (non-hydrogen) atoms. The van der Waals surface area contributed by atoms with E-state index in [0.717, 1.165) is 5.56 Å². The van der Waals surface area contributed by atoms with Gasteiger partial charge in [-0.3, -0.25) is 4.79 Å². The van der Waals surface area contributed by atoms with Gasteiger partial charge in [-0.15, -0.1) is 11.3 Å². The molecule has 0 saturated carbocycles. The Kier molecular flexibility index (Phi) is 4.58. The summed E-state index contributed by atoms with van der Waals surface area (Å²) in [5, 5.41) is 6.02. The maximum atomic E-state index is 11.0. The minimum atomic E-state index is -0.464. The highest BCUT2D eigenvalue weighted by Crippen LogP contribution is 2.21. The quantitative estimate of drug-likeness (QED) is 0.888. The lowest BCUT2D eigenvalue weighted by Gasteiger charge is -2.13. The van der Waals surface area contributed by atoms with Crippen LogP contribution in [0.15, 0.2) is 35.7 Å². The van der Waals surface area contributed by atoms with Crippen LogP contribution in [-0.2, 0) is 6.54 Å². The predicted octanol–water partition coefficient (Wildman–Crippen LogP) is 3.35. The highest BCUT2D eigenvalue weighted by atomic mass is 35.5. The topological polar surface area (TPSA) is 55.1 Å². The Morgan fingerprint density at radius 1 is 1.47 bits per heavy atom. The molecule has 1 aromatic carbocycles. The molecule has 1 aromatic heterocycles. The molecule has 0 radical (unpaired) electrons.